The Labute approximate surface area is 97.0 Å². The molecule has 3 nitrogen and oxygen atoms in total. The molecule has 16 heavy (non-hydrogen) atoms. The standard InChI is InChI=1S/C13H20N2O/c1-9-5-3-4-6-12(9)16-13-7-10(2)11(14)8-15-13/h7-9,12H,3-6,14H2,1-2H3. The summed E-state index contributed by atoms with van der Waals surface area (Å²) in [5, 5.41) is 0. The van der Waals surface area contributed by atoms with Crippen LogP contribution in [0.5, 0.6) is 5.88 Å². The number of pyridine rings is 1. The lowest BCUT2D eigenvalue weighted by Crippen LogP contribution is -2.28. The molecular formula is C13H20N2O. The minimum Gasteiger partial charge on any atom is -0.474 e. The average molecular weight is 220 g/mol. The van der Waals surface area contributed by atoms with Gasteiger partial charge in [0.2, 0.25) is 5.88 Å². The average Bonchev–Trinajstić information content (AvgIpc) is 2.27. The normalized spacial score (nSPS) is 25.4. The maximum absolute atomic E-state index is 5.94. The van der Waals surface area contributed by atoms with Crippen molar-refractivity contribution in [3.63, 3.8) is 0 Å². The fraction of sp³-hybridized carbons (Fsp3) is 0.615. The SMILES string of the molecule is Cc1cc(OC2CCCCC2C)ncc1N. The quantitative estimate of drug-likeness (QED) is 0.833. The van der Waals surface area contributed by atoms with Crippen LogP contribution in [0.25, 0.3) is 0 Å². The minimum atomic E-state index is 0.323. The number of rotatable bonds is 2. The number of nitrogens with two attached hydrogens (primary N) is 1. The molecule has 1 aliphatic carbocycles. The fourth-order valence-corrected chi connectivity index (χ4v) is 2.22. The molecule has 1 aromatic rings. The van der Waals surface area contributed by atoms with E-state index in [1.54, 1.807) is 6.20 Å². The van der Waals surface area contributed by atoms with Crippen LogP contribution in [0.2, 0.25) is 0 Å². The Balaban J connectivity index is 2.05. The molecule has 3 heteroatoms. The molecule has 0 saturated heterocycles. The van der Waals surface area contributed by atoms with E-state index in [1.807, 2.05) is 13.0 Å². The van der Waals surface area contributed by atoms with Crippen LogP contribution in [0.15, 0.2) is 12.3 Å². The smallest absolute Gasteiger partial charge is 0.213 e. The molecule has 1 aliphatic rings. The molecule has 0 aromatic carbocycles. The molecule has 2 atom stereocenters. The third-order valence-electron chi connectivity index (χ3n) is 3.43. The first-order valence-electron chi connectivity index (χ1n) is 6.05. The van der Waals surface area contributed by atoms with Gasteiger partial charge in [-0.05, 0) is 37.7 Å². The number of nitrogens with zero attached hydrogens (tertiary/aromatic N) is 1. The molecular weight excluding hydrogens is 200 g/mol. The molecule has 0 radical (unpaired) electrons. The maximum Gasteiger partial charge on any atom is 0.213 e. The molecule has 0 amide bonds. The van der Waals surface area contributed by atoms with Gasteiger partial charge < -0.3 is 10.5 Å². The van der Waals surface area contributed by atoms with Gasteiger partial charge in [-0.2, -0.15) is 0 Å². The molecule has 2 unspecified atom stereocenters. The molecule has 0 aliphatic heterocycles. The zero-order chi connectivity index (χ0) is 11.5. The van der Waals surface area contributed by atoms with Crippen molar-refractivity contribution in [2.45, 2.75) is 45.6 Å². The van der Waals surface area contributed by atoms with Crippen molar-refractivity contribution in [3.8, 4) is 5.88 Å². The van der Waals surface area contributed by atoms with E-state index in [-0.39, 0.29) is 0 Å². The third kappa shape index (κ3) is 2.46. The Kier molecular flexibility index (Phi) is 3.32. The topological polar surface area (TPSA) is 48.1 Å². The highest BCUT2D eigenvalue weighted by Gasteiger charge is 2.23. The first-order chi connectivity index (χ1) is 7.66. The summed E-state index contributed by atoms with van der Waals surface area (Å²) < 4.78 is 5.94. The molecule has 2 N–H and O–H groups in total. The summed E-state index contributed by atoms with van der Waals surface area (Å²) in [6, 6.07) is 1.93. The maximum atomic E-state index is 5.94. The highest BCUT2D eigenvalue weighted by molar-refractivity contribution is 5.45. The first kappa shape index (κ1) is 11.2. The number of ether oxygens (including phenoxy) is 1. The van der Waals surface area contributed by atoms with Crippen molar-refractivity contribution in [2.75, 3.05) is 5.73 Å². The van der Waals surface area contributed by atoms with Gasteiger partial charge in [0.15, 0.2) is 0 Å². The van der Waals surface area contributed by atoms with Crippen LogP contribution in [-0.2, 0) is 0 Å². The van der Waals surface area contributed by atoms with E-state index >= 15 is 0 Å². The summed E-state index contributed by atoms with van der Waals surface area (Å²) in [6.45, 7) is 4.24. The van der Waals surface area contributed by atoms with Crippen LogP contribution in [0, 0.1) is 12.8 Å². The van der Waals surface area contributed by atoms with E-state index in [0.717, 1.165) is 17.7 Å². The summed E-state index contributed by atoms with van der Waals surface area (Å²) >= 11 is 0. The van der Waals surface area contributed by atoms with E-state index in [9.17, 15) is 0 Å². The zero-order valence-corrected chi connectivity index (χ0v) is 10.1. The van der Waals surface area contributed by atoms with E-state index in [0.29, 0.717) is 17.9 Å². The summed E-state index contributed by atoms with van der Waals surface area (Å²) in [5.41, 5.74) is 7.49. The van der Waals surface area contributed by atoms with Gasteiger partial charge in [0, 0.05) is 6.07 Å². The predicted molar refractivity (Wildman–Crippen MR) is 65.4 cm³/mol. The zero-order valence-electron chi connectivity index (χ0n) is 10.1. The Bertz CT molecular complexity index is 365. The van der Waals surface area contributed by atoms with Gasteiger partial charge in [0.25, 0.3) is 0 Å². The lowest BCUT2D eigenvalue weighted by Gasteiger charge is -2.28. The lowest BCUT2D eigenvalue weighted by molar-refractivity contribution is 0.0976. The first-order valence-corrected chi connectivity index (χ1v) is 6.05. The number of aryl methyl sites for hydroxylation is 1. The monoisotopic (exact) mass is 220 g/mol. The highest BCUT2D eigenvalue weighted by atomic mass is 16.5. The van der Waals surface area contributed by atoms with Gasteiger partial charge in [0.05, 0.1) is 11.9 Å². The van der Waals surface area contributed by atoms with Crippen LogP contribution < -0.4 is 10.5 Å². The molecule has 1 fully saturated rings. The summed E-state index contributed by atoms with van der Waals surface area (Å²) in [5.74, 6) is 1.35. The highest BCUT2D eigenvalue weighted by Crippen LogP contribution is 2.28. The third-order valence-corrected chi connectivity index (χ3v) is 3.43. The van der Waals surface area contributed by atoms with Gasteiger partial charge >= 0.3 is 0 Å². The van der Waals surface area contributed by atoms with E-state index in [1.165, 1.54) is 19.3 Å². The minimum absolute atomic E-state index is 0.323. The van der Waals surface area contributed by atoms with Gasteiger partial charge in [-0.25, -0.2) is 4.98 Å². The Morgan fingerprint density at radius 1 is 1.38 bits per heavy atom. The Morgan fingerprint density at radius 2 is 2.12 bits per heavy atom. The number of hydrogen-bond donors (Lipinski definition) is 1. The Hall–Kier alpha value is -1.25. The Morgan fingerprint density at radius 3 is 2.81 bits per heavy atom. The molecule has 0 bridgehead atoms. The molecule has 1 aromatic heterocycles. The van der Waals surface area contributed by atoms with Crippen molar-refractivity contribution < 1.29 is 4.74 Å². The second kappa shape index (κ2) is 4.73. The second-order valence-electron chi connectivity index (χ2n) is 4.80. The number of anilines is 1. The van der Waals surface area contributed by atoms with E-state index < -0.39 is 0 Å². The molecule has 88 valence electrons. The van der Waals surface area contributed by atoms with E-state index in [2.05, 4.69) is 11.9 Å². The number of aromatic nitrogens is 1. The lowest BCUT2D eigenvalue weighted by atomic mass is 9.88. The van der Waals surface area contributed by atoms with Crippen molar-refractivity contribution in [3.05, 3.63) is 17.8 Å². The van der Waals surface area contributed by atoms with Gasteiger partial charge in [0.1, 0.15) is 6.10 Å². The number of hydrogen-bond acceptors (Lipinski definition) is 3. The summed E-state index contributed by atoms with van der Waals surface area (Å²) in [4.78, 5) is 4.22. The molecule has 1 saturated carbocycles. The van der Waals surface area contributed by atoms with Crippen LogP contribution in [0.3, 0.4) is 0 Å². The molecule has 2 rings (SSSR count). The van der Waals surface area contributed by atoms with Gasteiger partial charge in [-0.3, -0.25) is 0 Å². The van der Waals surface area contributed by atoms with Crippen molar-refractivity contribution in [1.82, 2.24) is 4.98 Å². The van der Waals surface area contributed by atoms with Crippen LogP contribution in [0.4, 0.5) is 5.69 Å². The molecule has 0 spiro atoms. The van der Waals surface area contributed by atoms with Crippen molar-refractivity contribution >= 4 is 5.69 Å². The predicted octanol–water partition coefficient (Wildman–Crippen LogP) is 2.93. The van der Waals surface area contributed by atoms with Gasteiger partial charge in [-0.1, -0.05) is 13.3 Å². The molecule has 1 heterocycles. The second-order valence-corrected chi connectivity index (χ2v) is 4.80. The summed E-state index contributed by atoms with van der Waals surface area (Å²) in [7, 11) is 0. The van der Waals surface area contributed by atoms with Gasteiger partial charge in [-0.15, -0.1) is 0 Å². The summed E-state index contributed by atoms with van der Waals surface area (Å²) in [6.07, 6.45) is 7.01. The number of nitrogen functional groups attached to an aromatic ring is 1. The largest absolute Gasteiger partial charge is 0.474 e. The van der Waals surface area contributed by atoms with Crippen LogP contribution in [-0.4, -0.2) is 11.1 Å². The van der Waals surface area contributed by atoms with E-state index in [4.69, 9.17) is 10.5 Å². The van der Waals surface area contributed by atoms with Crippen molar-refractivity contribution in [1.29, 1.82) is 0 Å². The fourth-order valence-electron chi connectivity index (χ4n) is 2.22. The van der Waals surface area contributed by atoms with Crippen LogP contribution >= 0.6 is 0 Å². The van der Waals surface area contributed by atoms with Crippen molar-refractivity contribution in [2.24, 2.45) is 5.92 Å². The van der Waals surface area contributed by atoms with Crippen LogP contribution in [0.1, 0.15) is 38.2 Å².